The van der Waals surface area contributed by atoms with Crippen LogP contribution in [0.1, 0.15) is 16.7 Å². The minimum absolute atomic E-state index is 0.0477. The van der Waals surface area contributed by atoms with Crippen LogP contribution in [0.2, 0.25) is 10.0 Å². The van der Waals surface area contributed by atoms with E-state index in [0.717, 1.165) is 11.1 Å². The molecule has 1 amide bonds. The number of carbonyl (C=O) groups is 1. The molecule has 184 valence electrons. The Balaban J connectivity index is 1.39. The van der Waals surface area contributed by atoms with Crippen molar-refractivity contribution in [2.24, 2.45) is 0 Å². The van der Waals surface area contributed by atoms with Gasteiger partial charge in [0.25, 0.3) is 5.91 Å². The quantitative estimate of drug-likeness (QED) is 0.178. The topological polar surface area (TPSA) is 71.3 Å². The van der Waals surface area contributed by atoms with Gasteiger partial charge in [-0.05, 0) is 54.1 Å². The van der Waals surface area contributed by atoms with Gasteiger partial charge in [0.15, 0.2) is 0 Å². The van der Waals surface area contributed by atoms with Crippen LogP contribution in [0.5, 0.6) is 11.5 Å². The van der Waals surface area contributed by atoms with E-state index in [-0.39, 0.29) is 12.2 Å². The van der Waals surface area contributed by atoms with Crippen LogP contribution in [-0.2, 0) is 18.0 Å². The van der Waals surface area contributed by atoms with Gasteiger partial charge in [-0.1, -0.05) is 77.8 Å². The third-order valence-corrected chi connectivity index (χ3v) is 5.93. The Hall–Kier alpha value is -4.24. The lowest BCUT2D eigenvalue weighted by molar-refractivity contribution is -0.112. The Morgan fingerprint density at radius 3 is 2.32 bits per heavy atom. The fourth-order valence-corrected chi connectivity index (χ4v) is 3.87. The number of amides is 1. The van der Waals surface area contributed by atoms with E-state index in [2.05, 4.69) is 5.32 Å². The minimum atomic E-state index is -0.526. The van der Waals surface area contributed by atoms with E-state index in [0.29, 0.717) is 39.4 Å². The lowest BCUT2D eigenvalue weighted by atomic mass is 10.1. The normalized spacial score (nSPS) is 10.9. The van der Waals surface area contributed by atoms with Gasteiger partial charge in [-0.3, -0.25) is 4.79 Å². The van der Waals surface area contributed by atoms with E-state index >= 15 is 0 Å². The predicted molar refractivity (Wildman–Crippen MR) is 147 cm³/mol. The van der Waals surface area contributed by atoms with E-state index in [1.807, 2.05) is 48.5 Å². The van der Waals surface area contributed by atoms with Gasteiger partial charge in [0.2, 0.25) is 0 Å². The van der Waals surface area contributed by atoms with Crippen molar-refractivity contribution < 1.29 is 14.3 Å². The summed E-state index contributed by atoms with van der Waals surface area (Å²) in [5, 5.41) is 13.5. The highest BCUT2D eigenvalue weighted by Gasteiger charge is 2.12. The number of carbonyl (C=O) groups excluding carboxylic acids is 1. The van der Waals surface area contributed by atoms with E-state index in [9.17, 15) is 10.1 Å². The summed E-state index contributed by atoms with van der Waals surface area (Å²) in [6.07, 6.45) is 1.52. The maximum atomic E-state index is 12.8. The molecule has 1 N–H and O–H groups in total. The maximum Gasteiger partial charge on any atom is 0.266 e. The number of nitrogens with one attached hydrogen (secondary N) is 1. The molecule has 5 nitrogen and oxygen atoms in total. The molecule has 0 aliphatic carbocycles. The number of nitriles is 1. The fourth-order valence-electron chi connectivity index (χ4n) is 3.40. The highest BCUT2D eigenvalue weighted by molar-refractivity contribution is 6.35. The summed E-state index contributed by atoms with van der Waals surface area (Å²) < 4.78 is 11.7. The number of anilines is 1. The molecule has 4 rings (SSSR count). The molecule has 4 aromatic rings. The monoisotopic (exact) mass is 528 g/mol. The summed E-state index contributed by atoms with van der Waals surface area (Å²) in [7, 11) is 0. The van der Waals surface area contributed by atoms with Crippen LogP contribution in [0.3, 0.4) is 0 Å². The first-order valence-electron chi connectivity index (χ1n) is 11.4. The second kappa shape index (κ2) is 12.6. The summed E-state index contributed by atoms with van der Waals surface area (Å²) in [5.41, 5.74) is 2.93. The van der Waals surface area contributed by atoms with Crippen LogP contribution in [0.15, 0.2) is 103 Å². The zero-order chi connectivity index (χ0) is 26.0. The highest BCUT2D eigenvalue weighted by Crippen LogP contribution is 2.25. The molecule has 0 bridgehead atoms. The van der Waals surface area contributed by atoms with Gasteiger partial charge in [0, 0.05) is 26.9 Å². The number of nitrogens with zero attached hydrogens (tertiary/aromatic N) is 1. The van der Waals surface area contributed by atoms with Gasteiger partial charge >= 0.3 is 0 Å². The van der Waals surface area contributed by atoms with Gasteiger partial charge in [-0.25, -0.2) is 0 Å². The van der Waals surface area contributed by atoms with Crippen LogP contribution in [0.25, 0.3) is 6.08 Å². The number of benzene rings is 4. The van der Waals surface area contributed by atoms with Crippen molar-refractivity contribution in [3.05, 3.63) is 129 Å². The molecule has 4 aromatic carbocycles. The standard InChI is InChI=1S/C30H22Cl2N2O3/c31-25-11-10-23(28(32)17-25)20-36-27-14-12-26(13-15-27)34-30(35)24(18-33)16-22-8-4-5-9-29(22)37-19-21-6-2-1-3-7-21/h1-17H,19-20H2,(H,34,35)/b24-16+. The van der Waals surface area contributed by atoms with E-state index in [4.69, 9.17) is 32.7 Å². The van der Waals surface area contributed by atoms with Gasteiger partial charge in [-0.15, -0.1) is 0 Å². The molecule has 0 saturated heterocycles. The summed E-state index contributed by atoms with van der Waals surface area (Å²) in [6.45, 7) is 0.646. The molecule has 7 heteroatoms. The molecule has 0 aliphatic heterocycles. The van der Waals surface area contributed by atoms with Gasteiger partial charge in [0.1, 0.15) is 36.4 Å². The molecular formula is C30H22Cl2N2O3. The summed E-state index contributed by atoms with van der Waals surface area (Å²) in [5.74, 6) is 0.653. The van der Waals surface area contributed by atoms with Gasteiger partial charge in [-0.2, -0.15) is 5.26 Å². The third kappa shape index (κ3) is 7.37. The first-order valence-corrected chi connectivity index (χ1v) is 12.1. The number of halogens is 2. The van der Waals surface area contributed by atoms with Crippen molar-refractivity contribution in [2.45, 2.75) is 13.2 Å². The van der Waals surface area contributed by atoms with Crippen molar-refractivity contribution in [3.8, 4) is 17.6 Å². The van der Waals surface area contributed by atoms with Crippen molar-refractivity contribution in [1.82, 2.24) is 0 Å². The average Bonchev–Trinajstić information content (AvgIpc) is 2.92. The molecule has 0 unspecified atom stereocenters. The molecule has 37 heavy (non-hydrogen) atoms. The molecule has 0 radical (unpaired) electrons. The van der Waals surface area contributed by atoms with Crippen LogP contribution in [0.4, 0.5) is 5.69 Å². The Morgan fingerprint density at radius 1 is 0.865 bits per heavy atom. The van der Waals surface area contributed by atoms with Crippen molar-refractivity contribution in [1.29, 1.82) is 5.26 Å². The second-order valence-corrected chi connectivity index (χ2v) is 8.83. The first kappa shape index (κ1) is 25.8. The minimum Gasteiger partial charge on any atom is -0.489 e. The average molecular weight is 529 g/mol. The van der Waals surface area contributed by atoms with E-state index in [1.54, 1.807) is 54.6 Å². The molecule has 0 spiro atoms. The number of hydrogen-bond acceptors (Lipinski definition) is 4. The molecule has 0 aromatic heterocycles. The SMILES string of the molecule is N#C/C(=C\c1ccccc1OCc1ccccc1)C(=O)Nc1ccc(OCc2ccc(Cl)cc2Cl)cc1. The smallest absolute Gasteiger partial charge is 0.266 e. The number of para-hydroxylation sites is 1. The van der Waals surface area contributed by atoms with Crippen molar-refractivity contribution >= 4 is 40.9 Å². The number of rotatable bonds is 9. The lowest BCUT2D eigenvalue weighted by Crippen LogP contribution is -2.13. The lowest BCUT2D eigenvalue weighted by Gasteiger charge is -2.11. The Morgan fingerprint density at radius 2 is 1.59 bits per heavy atom. The molecule has 0 aliphatic rings. The first-order chi connectivity index (χ1) is 18.0. The number of hydrogen-bond donors (Lipinski definition) is 1. The van der Waals surface area contributed by atoms with Crippen LogP contribution in [0, 0.1) is 11.3 Å². The Kier molecular flexibility index (Phi) is 8.83. The summed E-state index contributed by atoms with van der Waals surface area (Å²) in [6, 6.07) is 31.1. The van der Waals surface area contributed by atoms with Gasteiger partial charge in [0.05, 0.1) is 0 Å². The molecule has 0 saturated carbocycles. The summed E-state index contributed by atoms with van der Waals surface area (Å²) in [4.78, 5) is 12.8. The van der Waals surface area contributed by atoms with Gasteiger partial charge < -0.3 is 14.8 Å². The van der Waals surface area contributed by atoms with E-state index < -0.39 is 5.91 Å². The summed E-state index contributed by atoms with van der Waals surface area (Å²) >= 11 is 12.1. The largest absolute Gasteiger partial charge is 0.489 e. The van der Waals surface area contributed by atoms with Crippen molar-refractivity contribution in [3.63, 3.8) is 0 Å². The van der Waals surface area contributed by atoms with Crippen LogP contribution < -0.4 is 14.8 Å². The Bertz CT molecular complexity index is 1450. The maximum absolute atomic E-state index is 12.8. The Labute approximate surface area is 225 Å². The molecular weight excluding hydrogens is 507 g/mol. The predicted octanol–water partition coefficient (Wildman–Crippen LogP) is 7.70. The molecule has 0 heterocycles. The molecule has 0 fully saturated rings. The van der Waals surface area contributed by atoms with Crippen LogP contribution in [-0.4, -0.2) is 5.91 Å². The fraction of sp³-hybridized carbons (Fsp3) is 0.0667. The third-order valence-electron chi connectivity index (χ3n) is 5.34. The van der Waals surface area contributed by atoms with Crippen LogP contribution >= 0.6 is 23.2 Å². The zero-order valence-electron chi connectivity index (χ0n) is 19.7. The van der Waals surface area contributed by atoms with Crippen molar-refractivity contribution in [2.75, 3.05) is 5.32 Å². The highest BCUT2D eigenvalue weighted by atomic mass is 35.5. The van der Waals surface area contributed by atoms with E-state index in [1.165, 1.54) is 6.08 Å². The second-order valence-electron chi connectivity index (χ2n) is 7.98. The molecule has 0 atom stereocenters. The number of ether oxygens (including phenoxy) is 2. The zero-order valence-corrected chi connectivity index (χ0v) is 21.2.